The molecule has 0 spiro atoms. The maximum atomic E-state index is 12.9. The van der Waals surface area contributed by atoms with Crippen molar-refractivity contribution in [3.63, 3.8) is 0 Å². The standard InChI is InChI=1S/C10H13BrFN/c1-13(2)4-3-8-5-9(11)7-10(12)6-8/h5-7H,3-4H2,1-2H3. The van der Waals surface area contributed by atoms with E-state index in [9.17, 15) is 4.39 Å². The van der Waals surface area contributed by atoms with Gasteiger partial charge in [0.25, 0.3) is 0 Å². The first-order valence-electron chi connectivity index (χ1n) is 4.17. The van der Waals surface area contributed by atoms with E-state index < -0.39 is 0 Å². The van der Waals surface area contributed by atoms with E-state index in [2.05, 4.69) is 20.8 Å². The van der Waals surface area contributed by atoms with Gasteiger partial charge < -0.3 is 4.90 Å². The summed E-state index contributed by atoms with van der Waals surface area (Å²) in [6, 6.07) is 5.00. The molecule has 0 bridgehead atoms. The molecule has 0 aromatic heterocycles. The van der Waals surface area contributed by atoms with Crippen LogP contribution in [0.4, 0.5) is 4.39 Å². The Labute approximate surface area is 86.7 Å². The Morgan fingerprint density at radius 1 is 1.31 bits per heavy atom. The number of likely N-dealkylation sites (N-methyl/N-ethyl adjacent to an activating group) is 1. The molecule has 1 nitrogen and oxygen atoms in total. The molecular formula is C10H13BrFN. The van der Waals surface area contributed by atoms with Crippen LogP contribution >= 0.6 is 15.9 Å². The molecule has 0 heterocycles. The highest BCUT2D eigenvalue weighted by atomic mass is 79.9. The summed E-state index contributed by atoms with van der Waals surface area (Å²) in [7, 11) is 4.02. The average molecular weight is 246 g/mol. The molecule has 1 rings (SSSR count). The van der Waals surface area contributed by atoms with E-state index in [1.54, 1.807) is 6.07 Å². The normalized spacial score (nSPS) is 10.8. The SMILES string of the molecule is CN(C)CCc1cc(F)cc(Br)c1. The van der Waals surface area contributed by atoms with Crippen molar-refractivity contribution in [3.8, 4) is 0 Å². The number of rotatable bonds is 3. The molecule has 0 aliphatic carbocycles. The molecule has 0 saturated carbocycles. The summed E-state index contributed by atoms with van der Waals surface area (Å²) in [6.07, 6.45) is 0.878. The Kier molecular flexibility index (Phi) is 3.88. The van der Waals surface area contributed by atoms with Gasteiger partial charge >= 0.3 is 0 Å². The smallest absolute Gasteiger partial charge is 0.124 e. The van der Waals surface area contributed by atoms with Crippen molar-refractivity contribution in [2.75, 3.05) is 20.6 Å². The molecule has 0 saturated heterocycles. The number of halogens is 2. The minimum absolute atomic E-state index is 0.178. The average Bonchev–Trinajstić information content (AvgIpc) is 1.99. The second-order valence-electron chi connectivity index (χ2n) is 3.33. The molecule has 0 N–H and O–H groups in total. The molecule has 0 aliphatic heterocycles. The van der Waals surface area contributed by atoms with Crippen LogP contribution in [0, 0.1) is 5.82 Å². The number of hydrogen-bond donors (Lipinski definition) is 0. The topological polar surface area (TPSA) is 3.24 Å². The Hall–Kier alpha value is -0.410. The third-order valence-electron chi connectivity index (χ3n) is 1.77. The predicted molar refractivity (Wildman–Crippen MR) is 56.4 cm³/mol. The van der Waals surface area contributed by atoms with Crippen molar-refractivity contribution in [1.29, 1.82) is 0 Å². The van der Waals surface area contributed by atoms with Crippen LogP contribution in [-0.2, 0) is 6.42 Å². The van der Waals surface area contributed by atoms with Crippen LogP contribution in [0.1, 0.15) is 5.56 Å². The first kappa shape index (κ1) is 10.7. The maximum absolute atomic E-state index is 12.9. The van der Waals surface area contributed by atoms with E-state index in [-0.39, 0.29) is 5.82 Å². The third-order valence-corrected chi connectivity index (χ3v) is 2.23. The van der Waals surface area contributed by atoms with Crippen LogP contribution in [0.15, 0.2) is 22.7 Å². The van der Waals surface area contributed by atoms with Crippen molar-refractivity contribution >= 4 is 15.9 Å². The molecule has 72 valence electrons. The van der Waals surface area contributed by atoms with Gasteiger partial charge in [0.1, 0.15) is 5.82 Å². The second kappa shape index (κ2) is 4.72. The van der Waals surface area contributed by atoms with E-state index in [4.69, 9.17) is 0 Å². The fourth-order valence-corrected chi connectivity index (χ4v) is 1.62. The van der Waals surface area contributed by atoms with Crippen molar-refractivity contribution in [2.24, 2.45) is 0 Å². The molecule has 0 atom stereocenters. The number of hydrogen-bond acceptors (Lipinski definition) is 1. The van der Waals surface area contributed by atoms with E-state index in [1.807, 2.05) is 20.2 Å². The number of benzene rings is 1. The van der Waals surface area contributed by atoms with Crippen LogP contribution < -0.4 is 0 Å². The molecule has 0 radical (unpaired) electrons. The number of nitrogens with zero attached hydrogens (tertiary/aromatic N) is 1. The van der Waals surface area contributed by atoms with Gasteiger partial charge in [0, 0.05) is 11.0 Å². The van der Waals surface area contributed by atoms with Gasteiger partial charge in [0.05, 0.1) is 0 Å². The lowest BCUT2D eigenvalue weighted by atomic mass is 10.1. The van der Waals surface area contributed by atoms with Gasteiger partial charge in [0.2, 0.25) is 0 Å². The van der Waals surface area contributed by atoms with Gasteiger partial charge in [-0.05, 0) is 44.3 Å². The van der Waals surface area contributed by atoms with Crippen molar-refractivity contribution in [2.45, 2.75) is 6.42 Å². The van der Waals surface area contributed by atoms with Gasteiger partial charge in [-0.2, -0.15) is 0 Å². The van der Waals surface area contributed by atoms with Crippen LogP contribution in [0.25, 0.3) is 0 Å². The molecule has 0 fully saturated rings. The van der Waals surface area contributed by atoms with Gasteiger partial charge in [-0.1, -0.05) is 15.9 Å². The zero-order chi connectivity index (χ0) is 9.84. The van der Waals surface area contributed by atoms with E-state index in [1.165, 1.54) is 6.07 Å². The van der Waals surface area contributed by atoms with Crippen molar-refractivity contribution in [3.05, 3.63) is 34.1 Å². The van der Waals surface area contributed by atoms with E-state index in [0.717, 1.165) is 23.0 Å². The van der Waals surface area contributed by atoms with Crippen molar-refractivity contribution < 1.29 is 4.39 Å². The summed E-state index contributed by atoms with van der Waals surface area (Å²) in [4.78, 5) is 2.08. The first-order chi connectivity index (χ1) is 6.08. The molecule has 0 aliphatic rings. The molecule has 0 unspecified atom stereocenters. The maximum Gasteiger partial charge on any atom is 0.124 e. The van der Waals surface area contributed by atoms with Crippen LogP contribution in [-0.4, -0.2) is 25.5 Å². The Bertz CT molecular complexity index is 266. The second-order valence-corrected chi connectivity index (χ2v) is 4.25. The first-order valence-corrected chi connectivity index (χ1v) is 4.97. The fraction of sp³-hybridized carbons (Fsp3) is 0.400. The monoisotopic (exact) mass is 245 g/mol. The third kappa shape index (κ3) is 3.87. The largest absolute Gasteiger partial charge is 0.309 e. The van der Waals surface area contributed by atoms with Crippen LogP contribution in [0.5, 0.6) is 0 Å². The predicted octanol–water partition coefficient (Wildman–Crippen LogP) is 2.69. The highest BCUT2D eigenvalue weighted by Gasteiger charge is 1.99. The highest BCUT2D eigenvalue weighted by Crippen LogP contribution is 2.15. The molecular weight excluding hydrogens is 233 g/mol. The summed E-state index contributed by atoms with van der Waals surface area (Å²) >= 11 is 3.27. The van der Waals surface area contributed by atoms with Crippen molar-refractivity contribution in [1.82, 2.24) is 4.90 Å². The Morgan fingerprint density at radius 2 is 2.00 bits per heavy atom. The van der Waals surface area contributed by atoms with Gasteiger partial charge in [-0.15, -0.1) is 0 Å². The minimum atomic E-state index is -0.178. The van der Waals surface area contributed by atoms with E-state index in [0.29, 0.717) is 0 Å². The Balaban J connectivity index is 2.66. The quantitative estimate of drug-likeness (QED) is 0.792. The summed E-state index contributed by atoms with van der Waals surface area (Å²) < 4.78 is 13.7. The van der Waals surface area contributed by atoms with Gasteiger partial charge in [-0.25, -0.2) is 4.39 Å². The molecule has 0 amide bonds. The van der Waals surface area contributed by atoms with Gasteiger partial charge in [0.15, 0.2) is 0 Å². The molecule has 3 heteroatoms. The fourth-order valence-electron chi connectivity index (χ4n) is 1.11. The molecule has 1 aromatic rings. The van der Waals surface area contributed by atoms with E-state index >= 15 is 0 Å². The summed E-state index contributed by atoms with van der Waals surface area (Å²) in [5.74, 6) is -0.178. The lowest BCUT2D eigenvalue weighted by molar-refractivity contribution is 0.413. The molecule has 1 aromatic carbocycles. The van der Waals surface area contributed by atoms with Crippen LogP contribution in [0.3, 0.4) is 0 Å². The zero-order valence-electron chi connectivity index (χ0n) is 7.85. The lowest BCUT2D eigenvalue weighted by Crippen LogP contribution is -2.15. The zero-order valence-corrected chi connectivity index (χ0v) is 9.44. The molecule has 13 heavy (non-hydrogen) atoms. The summed E-state index contributed by atoms with van der Waals surface area (Å²) in [6.45, 7) is 0.940. The lowest BCUT2D eigenvalue weighted by Gasteiger charge is -2.09. The minimum Gasteiger partial charge on any atom is -0.309 e. The van der Waals surface area contributed by atoms with Crippen LogP contribution in [0.2, 0.25) is 0 Å². The Morgan fingerprint density at radius 3 is 2.54 bits per heavy atom. The van der Waals surface area contributed by atoms with Gasteiger partial charge in [-0.3, -0.25) is 0 Å². The summed E-state index contributed by atoms with van der Waals surface area (Å²) in [5, 5.41) is 0. The summed E-state index contributed by atoms with van der Waals surface area (Å²) in [5.41, 5.74) is 1.03. The highest BCUT2D eigenvalue weighted by molar-refractivity contribution is 9.10.